The van der Waals surface area contributed by atoms with Crippen molar-refractivity contribution in [2.45, 2.75) is 96.0 Å². The molecule has 2 unspecified atom stereocenters. The number of carboxylic acids is 3. The van der Waals surface area contributed by atoms with Gasteiger partial charge in [-0.2, -0.15) is 0 Å². The summed E-state index contributed by atoms with van der Waals surface area (Å²) in [6, 6.07) is 0. The third-order valence-corrected chi connectivity index (χ3v) is 4.76. The van der Waals surface area contributed by atoms with E-state index in [1.807, 2.05) is 0 Å². The number of carbonyl (C=O) groups is 3. The molecule has 0 rings (SSSR count). The van der Waals surface area contributed by atoms with Crippen LogP contribution >= 0.6 is 0 Å². The van der Waals surface area contributed by atoms with E-state index in [0.29, 0.717) is 6.42 Å². The molecule has 0 spiro atoms. The molecule has 7 nitrogen and oxygen atoms in total. The summed E-state index contributed by atoms with van der Waals surface area (Å²) in [5.41, 5.74) is -2.78. The molecule has 0 aliphatic carbocycles. The van der Waals surface area contributed by atoms with Gasteiger partial charge in [-0.25, -0.2) is 4.79 Å². The van der Waals surface area contributed by atoms with E-state index in [4.69, 9.17) is 10.2 Å². The second-order valence-electron chi connectivity index (χ2n) is 7.01. The Bertz CT molecular complexity index is 436. The molecule has 26 heavy (non-hydrogen) atoms. The maximum Gasteiger partial charge on any atom is 0.337 e. The van der Waals surface area contributed by atoms with Crippen LogP contribution in [0.2, 0.25) is 0 Å². The monoisotopic (exact) mass is 374 g/mol. The highest BCUT2D eigenvalue weighted by molar-refractivity contribution is 5.89. The minimum Gasteiger partial charge on any atom is -0.481 e. The summed E-state index contributed by atoms with van der Waals surface area (Å²) in [7, 11) is 0. The van der Waals surface area contributed by atoms with Gasteiger partial charge in [-0.05, 0) is 6.42 Å². The first-order valence-electron chi connectivity index (χ1n) is 9.66. The Labute approximate surface area is 155 Å². The molecule has 0 aliphatic heterocycles. The van der Waals surface area contributed by atoms with Crippen molar-refractivity contribution in [1.82, 2.24) is 0 Å². The van der Waals surface area contributed by atoms with E-state index in [2.05, 4.69) is 6.92 Å². The molecule has 7 heteroatoms. The van der Waals surface area contributed by atoms with Crippen LogP contribution in [-0.4, -0.2) is 43.9 Å². The molecule has 0 heterocycles. The maximum atomic E-state index is 11.3. The van der Waals surface area contributed by atoms with Crippen LogP contribution in [0.1, 0.15) is 90.4 Å². The van der Waals surface area contributed by atoms with Crippen molar-refractivity contribution < 1.29 is 34.8 Å². The summed E-state index contributed by atoms with van der Waals surface area (Å²) in [6.07, 6.45) is 10.6. The minimum atomic E-state index is -2.78. The second-order valence-corrected chi connectivity index (χ2v) is 7.01. The van der Waals surface area contributed by atoms with E-state index in [-0.39, 0.29) is 6.42 Å². The average Bonchev–Trinajstić information content (AvgIpc) is 2.54. The number of hydrogen-bond donors (Lipinski definition) is 4. The maximum absolute atomic E-state index is 11.3. The summed E-state index contributed by atoms with van der Waals surface area (Å²) in [6.45, 7) is 2.19. The Balaban J connectivity index is 4.13. The van der Waals surface area contributed by atoms with Gasteiger partial charge < -0.3 is 20.4 Å². The van der Waals surface area contributed by atoms with Crippen molar-refractivity contribution in [2.75, 3.05) is 0 Å². The summed E-state index contributed by atoms with van der Waals surface area (Å²) in [4.78, 5) is 33.3. The number of carboxylic acid groups (broad SMARTS) is 3. The summed E-state index contributed by atoms with van der Waals surface area (Å²) >= 11 is 0. The van der Waals surface area contributed by atoms with Crippen molar-refractivity contribution in [3.8, 4) is 0 Å². The lowest BCUT2D eigenvalue weighted by Gasteiger charge is -2.28. The lowest BCUT2D eigenvalue weighted by Crippen LogP contribution is -2.50. The highest BCUT2D eigenvalue weighted by Gasteiger charge is 2.49. The molecule has 0 radical (unpaired) electrons. The number of hydrogen-bond acceptors (Lipinski definition) is 4. The summed E-state index contributed by atoms with van der Waals surface area (Å²) in [5, 5.41) is 37.2. The Kier molecular flexibility index (Phi) is 12.7. The number of aliphatic carboxylic acids is 3. The van der Waals surface area contributed by atoms with Gasteiger partial charge in [0.2, 0.25) is 0 Å². The smallest absolute Gasteiger partial charge is 0.337 e. The predicted molar refractivity (Wildman–Crippen MR) is 97.0 cm³/mol. The normalized spacial score (nSPS) is 14.5. The first kappa shape index (κ1) is 24.4. The number of unbranched alkanes of at least 4 members (excludes halogenated alkanes) is 10. The van der Waals surface area contributed by atoms with E-state index in [0.717, 1.165) is 25.7 Å². The first-order valence-corrected chi connectivity index (χ1v) is 9.66. The topological polar surface area (TPSA) is 132 Å². The van der Waals surface area contributed by atoms with Crippen LogP contribution in [0.15, 0.2) is 0 Å². The van der Waals surface area contributed by atoms with Gasteiger partial charge in [0.25, 0.3) is 0 Å². The molecule has 2 atom stereocenters. The molecule has 0 fully saturated rings. The molecular weight excluding hydrogens is 340 g/mol. The standard InChI is InChI=1S/C19H34O7/c1-2-3-4-5-6-7-8-9-10-11-12-13-15(17(22)23)19(26,18(24)25)14-16(20)21/h15,26H,2-14H2,1H3,(H,20,21)(H,22,23)(H,24,25). The molecule has 0 aromatic carbocycles. The van der Waals surface area contributed by atoms with Gasteiger partial charge in [-0.3, -0.25) is 9.59 Å². The lowest BCUT2D eigenvalue weighted by atomic mass is 9.81. The highest BCUT2D eigenvalue weighted by Crippen LogP contribution is 2.28. The van der Waals surface area contributed by atoms with Crippen LogP contribution in [0.5, 0.6) is 0 Å². The van der Waals surface area contributed by atoms with Crippen LogP contribution in [0.4, 0.5) is 0 Å². The molecule has 0 saturated heterocycles. The van der Waals surface area contributed by atoms with Crippen molar-refractivity contribution in [2.24, 2.45) is 5.92 Å². The quantitative estimate of drug-likeness (QED) is 0.285. The van der Waals surface area contributed by atoms with Gasteiger partial charge in [0.05, 0.1) is 12.3 Å². The van der Waals surface area contributed by atoms with E-state index in [1.165, 1.54) is 38.5 Å². The molecule has 0 aliphatic rings. The van der Waals surface area contributed by atoms with E-state index >= 15 is 0 Å². The third-order valence-electron chi connectivity index (χ3n) is 4.76. The fourth-order valence-electron chi connectivity index (χ4n) is 3.16. The van der Waals surface area contributed by atoms with Crippen molar-refractivity contribution >= 4 is 17.9 Å². The van der Waals surface area contributed by atoms with Gasteiger partial charge in [0.1, 0.15) is 0 Å². The molecule has 0 amide bonds. The van der Waals surface area contributed by atoms with Crippen molar-refractivity contribution in [3.63, 3.8) is 0 Å². The van der Waals surface area contributed by atoms with Gasteiger partial charge in [0, 0.05) is 0 Å². The third kappa shape index (κ3) is 9.75. The fraction of sp³-hybridized carbons (Fsp3) is 0.842. The van der Waals surface area contributed by atoms with Crippen LogP contribution in [0.25, 0.3) is 0 Å². The minimum absolute atomic E-state index is 0.0531. The largest absolute Gasteiger partial charge is 0.481 e. The molecule has 0 aromatic heterocycles. The summed E-state index contributed by atoms with van der Waals surface area (Å²) in [5.74, 6) is -6.46. The van der Waals surface area contributed by atoms with Gasteiger partial charge in [-0.15, -0.1) is 0 Å². The second kappa shape index (κ2) is 13.6. The van der Waals surface area contributed by atoms with E-state index in [9.17, 15) is 24.6 Å². The van der Waals surface area contributed by atoms with Crippen LogP contribution < -0.4 is 0 Å². The van der Waals surface area contributed by atoms with Gasteiger partial charge in [0.15, 0.2) is 5.60 Å². The van der Waals surface area contributed by atoms with Gasteiger partial charge in [-0.1, -0.05) is 77.6 Å². The molecule has 0 bridgehead atoms. The SMILES string of the molecule is CCCCCCCCCCCCCC(C(=O)O)C(O)(CC(=O)O)C(=O)O. The Hall–Kier alpha value is -1.63. The Morgan fingerprint density at radius 3 is 1.54 bits per heavy atom. The van der Waals surface area contributed by atoms with Gasteiger partial charge >= 0.3 is 17.9 Å². The van der Waals surface area contributed by atoms with Crippen LogP contribution in [0, 0.1) is 5.92 Å². The number of aliphatic hydroxyl groups is 1. The van der Waals surface area contributed by atoms with Crippen molar-refractivity contribution in [1.29, 1.82) is 0 Å². The van der Waals surface area contributed by atoms with Crippen LogP contribution in [0.3, 0.4) is 0 Å². The molecule has 0 saturated carbocycles. The molecule has 4 N–H and O–H groups in total. The zero-order valence-electron chi connectivity index (χ0n) is 15.8. The zero-order chi connectivity index (χ0) is 20.0. The Morgan fingerprint density at radius 2 is 1.19 bits per heavy atom. The zero-order valence-corrected chi connectivity index (χ0v) is 15.8. The van der Waals surface area contributed by atoms with E-state index in [1.54, 1.807) is 0 Å². The van der Waals surface area contributed by atoms with E-state index < -0.39 is 35.8 Å². The highest BCUT2D eigenvalue weighted by atomic mass is 16.4. The molecule has 152 valence electrons. The molecule has 0 aromatic rings. The fourth-order valence-corrected chi connectivity index (χ4v) is 3.16. The van der Waals surface area contributed by atoms with Crippen molar-refractivity contribution in [3.05, 3.63) is 0 Å². The first-order chi connectivity index (χ1) is 12.3. The summed E-state index contributed by atoms with van der Waals surface area (Å²) < 4.78 is 0. The number of rotatable bonds is 17. The van der Waals surface area contributed by atoms with Crippen LogP contribution in [-0.2, 0) is 14.4 Å². The average molecular weight is 374 g/mol. The lowest BCUT2D eigenvalue weighted by molar-refractivity contribution is -0.179. The predicted octanol–water partition coefficient (Wildman–Crippen LogP) is 3.68. The Morgan fingerprint density at radius 1 is 0.769 bits per heavy atom. The molecular formula is C19H34O7.